The van der Waals surface area contributed by atoms with Crippen LogP contribution in [-0.4, -0.2) is 54.7 Å². The number of pyridine rings is 2. The lowest BCUT2D eigenvalue weighted by molar-refractivity contribution is 0.0767. The molecule has 4 aromatic heterocycles. The minimum atomic E-state index is -0.505. The van der Waals surface area contributed by atoms with E-state index in [-0.39, 0.29) is 18.0 Å². The molecular formula is C33H32FN7O2. The summed E-state index contributed by atoms with van der Waals surface area (Å²) in [5, 5.41) is 13.7. The van der Waals surface area contributed by atoms with E-state index in [1.165, 1.54) is 10.6 Å². The van der Waals surface area contributed by atoms with Gasteiger partial charge in [-0.25, -0.2) is 13.9 Å². The van der Waals surface area contributed by atoms with Crippen molar-refractivity contribution in [3.05, 3.63) is 76.7 Å². The second-order valence-electron chi connectivity index (χ2n) is 11.9. The number of piperidine rings is 1. The van der Waals surface area contributed by atoms with Crippen molar-refractivity contribution in [2.75, 3.05) is 13.1 Å². The van der Waals surface area contributed by atoms with Crippen molar-refractivity contribution in [1.29, 1.82) is 5.41 Å². The van der Waals surface area contributed by atoms with Crippen LogP contribution in [-0.2, 0) is 6.54 Å². The molecule has 0 spiro atoms. The first kappa shape index (κ1) is 27.0. The molecule has 1 saturated heterocycles. The Balaban J connectivity index is 1.32. The monoisotopic (exact) mass is 577 g/mol. The lowest BCUT2D eigenvalue weighted by atomic mass is 10.0. The Hall–Kier alpha value is -4.86. The minimum Gasteiger partial charge on any atom is -0.366 e. The van der Waals surface area contributed by atoms with Crippen LogP contribution in [0.2, 0.25) is 0 Å². The molecule has 7 rings (SSSR count). The molecule has 5 aromatic rings. The van der Waals surface area contributed by atoms with Gasteiger partial charge in [-0.15, -0.1) is 0 Å². The number of hydrogen-bond donors (Lipinski definition) is 2. The first-order chi connectivity index (χ1) is 20.7. The summed E-state index contributed by atoms with van der Waals surface area (Å²) < 4.78 is 19.3. The summed E-state index contributed by atoms with van der Waals surface area (Å²) in [6.45, 7) is 5.31. The molecule has 0 unspecified atom stereocenters. The molecule has 2 fully saturated rings. The Morgan fingerprint density at radius 3 is 2.65 bits per heavy atom. The highest BCUT2D eigenvalue weighted by atomic mass is 19.1. The third kappa shape index (κ3) is 4.76. The van der Waals surface area contributed by atoms with Crippen LogP contribution in [0.15, 0.2) is 48.7 Å². The van der Waals surface area contributed by atoms with E-state index < -0.39 is 11.7 Å². The number of benzene rings is 1. The van der Waals surface area contributed by atoms with Gasteiger partial charge >= 0.3 is 0 Å². The van der Waals surface area contributed by atoms with Crippen LogP contribution >= 0.6 is 0 Å². The van der Waals surface area contributed by atoms with E-state index in [0.29, 0.717) is 46.9 Å². The zero-order valence-electron chi connectivity index (χ0n) is 24.2. The maximum atomic E-state index is 15.6. The summed E-state index contributed by atoms with van der Waals surface area (Å²) >= 11 is 0. The van der Waals surface area contributed by atoms with Crippen molar-refractivity contribution in [2.45, 2.75) is 46.1 Å². The predicted octanol–water partition coefficient (Wildman–Crippen LogP) is 5.54. The highest BCUT2D eigenvalue weighted by molar-refractivity contribution is 5.98. The van der Waals surface area contributed by atoms with Crippen molar-refractivity contribution >= 4 is 34.1 Å². The van der Waals surface area contributed by atoms with Crippen LogP contribution in [0, 0.1) is 31.0 Å². The molecule has 1 aliphatic heterocycles. The molecular weight excluding hydrogens is 545 g/mol. The van der Waals surface area contributed by atoms with E-state index in [9.17, 15) is 9.59 Å². The van der Waals surface area contributed by atoms with Crippen LogP contribution in [0.4, 0.5) is 4.39 Å². The number of carbonyl (C=O) groups excluding carboxylic acids is 2. The number of aryl methyl sites for hydroxylation is 2. The first-order valence-electron chi connectivity index (χ1n) is 14.6. The zero-order valence-corrected chi connectivity index (χ0v) is 24.2. The second-order valence-corrected chi connectivity index (χ2v) is 11.9. The Labute approximate surface area is 247 Å². The molecule has 0 radical (unpaired) electrons. The van der Waals surface area contributed by atoms with Gasteiger partial charge in [0.1, 0.15) is 22.7 Å². The summed E-state index contributed by atoms with van der Waals surface area (Å²) in [5.41, 5.74) is 12.5. The number of carbonyl (C=O) groups is 2. The van der Waals surface area contributed by atoms with Gasteiger partial charge in [0, 0.05) is 47.1 Å². The van der Waals surface area contributed by atoms with Crippen LogP contribution < -0.4 is 5.73 Å². The van der Waals surface area contributed by atoms with Gasteiger partial charge in [0.25, 0.3) is 5.91 Å². The molecule has 0 atom stereocenters. The predicted molar refractivity (Wildman–Crippen MR) is 163 cm³/mol. The molecule has 218 valence electrons. The topological polar surface area (TPSA) is 122 Å². The van der Waals surface area contributed by atoms with Gasteiger partial charge in [-0.2, -0.15) is 5.10 Å². The summed E-state index contributed by atoms with van der Waals surface area (Å²) in [7, 11) is 0. The Bertz CT molecular complexity index is 1980. The highest BCUT2D eigenvalue weighted by Gasteiger charge is 2.28. The average Bonchev–Trinajstić information content (AvgIpc) is 3.65. The summed E-state index contributed by atoms with van der Waals surface area (Å²) in [5.74, 6) is -0.718. The Morgan fingerprint density at radius 1 is 1.12 bits per heavy atom. The van der Waals surface area contributed by atoms with Gasteiger partial charge in [-0.3, -0.25) is 9.59 Å². The summed E-state index contributed by atoms with van der Waals surface area (Å²) in [4.78, 5) is 31.6. The lowest BCUT2D eigenvalue weighted by Crippen LogP contribution is -2.40. The third-order valence-electron chi connectivity index (χ3n) is 8.65. The molecule has 9 nitrogen and oxygen atoms in total. The zero-order chi connectivity index (χ0) is 30.0. The number of primary amides is 1. The second kappa shape index (κ2) is 10.1. The normalized spacial score (nSPS) is 15.5. The maximum Gasteiger partial charge on any atom is 0.255 e. The molecule has 1 saturated carbocycles. The SMILES string of the molecule is Cc1cc(-c2ccc3cc(-c4nn5cc(C(=O)N6CCCC(=N)C6)cc(F)c5c4C)n(CC4CC4)c3n2)ccc1C(N)=O. The molecule has 5 heterocycles. The molecule has 43 heavy (non-hydrogen) atoms. The Morgan fingerprint density at radius 2 is 1.93 bits per heavy atom. The van der Waals surface area contributed by atoms with Gasteiger partial charge in [0.05, 0.1) is 23.5 Å². The number of nitrogens with zero attached hydrogens (tertiary/aromatic N) is 5. The maximum absolute atomic E-state index is 15.6. The number of halogens is 1. The van der Waals surface area contributed by atoms with Gasteiger partial charge in [0.15, 0.2) is 0 Å². The lowest BCUT2D eigenvalue weighted by Gasteiger charge is -2.27. The van der Waals surface area contributed by atoms with Crippen molar-refractivity contribution in [3.63, 3.8) is 0 Å². The quantitative estimate of drug-likeness (QED) is 0.275. The van der Waals surface area contributed by atoms with Crippen LogP contribution in [0.3, 0.4) is 0 Å². The van der Waals surface area contributed by atoms with E-state index in [1.54, 1.807) is 17.2 Å². The number of rotatable bonds is 6. The van der Waals surface area contributed by atoms with Gasteiger partial charge in [0.2, 0.25) is 5.91 Å². The van der Waals surface area contributed by atoms with Crippen molar-refractivity contribution in [1.82, 2.24) is 24.1 Å². The van der Waals surface area contributed by atoms with E-state index in [1.807, 2.05) is 44.2 Å². The first-order valence-corrected chi connectivity index (χ1v) is 14.6. The number of amides is 2. The fraction of sp³-hybridized carbons (Fsp3) is 0.303. The molecule has 10 heteroatoms. The van der Waals surface area contributed by atoms with E-state index >= 15 is 4.39 Å². The molecule has 1 aliphatic carbocycles. The van der Waals surface area contributed by atoms with E-state index in [0.717, 1.165) is 59.4 Å². The van der Waals surface area contributed by atoms with E-state index in [4.69, 9.17) is 21.2 Å². The Kier molecular flexibility index (Phi) is 6.37. The van der Waals surface area contributed by atoms with Gasteiger partial charge in [-0.05, 0) is 87.4 Å². The van der Waals surface area contributed by atoms with E-state index in [2.05, 4.69) is 4.57 Å². The fourth-order valence-electron chi connectivity index (χ4n) is 6.19. The van der Waals surface area contributed by atoms with Gasteiger partial charge < -0.3 is 20.6 Å². The summed E-state index contributed by atoms with van der Waals surface area (Å²) in [6, 6.07) is 12.8. The van der Waals surface area contributed by atoms with Crippen molar-refractivity contribution < 1.29 is 14.0 Å². The fourth-order valence-corrected chi connectivity index (χ4v) is 6.19. The highest BCUT2D eigenvalue weighted by Crippen LogP contribution is 2.37. The molecule has 3 N–H and O–H groups in total. The standard InChI is InChI=1S/C33H32FN7O2/c1-18-12-21(7-9-25(18)31(36)42)27-10-8-22-14-28(40(32(22)37-27)15-20-5-6-20)29-19(2)30-26(34)13-23(16-41(30)38-29)33(43)39-11-3-4-24(35)17-39/h7-10,12-14,16,20,35H,3-6,11,15,17H2,1-2H3,(H2,36,42). The minimum absolute atomic E-state index is 0.219. The number of aromatic nitrogens is 4. The smallest absolute Gasteiger partial charge is 0.255 e. The number of fused-ring (bicyclic) bond motifs is 2. The molecule has 2 aliphatic rings. The number of likely N-dealkylation sites (tertiary alicyclic amines) is 1. The molecule has 1 aromatic carbocycles. The van der Waals surface area contributed by atoms with Crippen LogP contribution in [0.25, 0.3) is 39.2 Å². The van der Waals surface area contributed by atoms with Crippen LogP contribution in [0.1, 0.15) is 57.5 Å². The average molecular weight is 578 g/mol. The number of nitrogens with two attached hydrogens (primary N) is 1. The van der Waals surface area contributed by atoms with Crippen LogP contribution in [0.5, 0.6) is 0 Å². The van der Waals surface area contributed by atoms with Crippen molar-refractivity contribution in [3.8, 4) is 22.6 Å². The largest absolute Gasteiger partial charge is 0.366 e. The third-order valence-corrected chi connectivity index (χ3v) is 8.65. The summed E-state index contributed by atoms with van der Waals surface area (Å²) in [6.07, 6.45) is 5.30. The molecule has 2 amide bonds. The number of nitrogens with one attached hydrogen (secondary N) is 1. The van der Waals surface area contributed by atoms with Crippen molar-refractivity contribution in [2.24, 2.45) is 11.7 Å². The number of hydrogen-bond acceptors (Lipinski definition) is 5. The molecule has 0 bridgehead atoms. The van der Waals surface area contributed by atoms with Gasteiger partial charge in [-0.1, -0.05) is 6.07 Å².